The second-order valence-corrected chi connectivity index (χ2v) is 8.93. The van der Waals surface area contributed by atoms with E-state index in [2.05, 4.69) is 27.7 Å². The van der Waals surface area contributed by atoms with Crippen LogP contribution in [-0.4, -0.2) is 36.2 Å². The van der Waals surface area contributed by atoms with Crippen LogP contribution >= 0.6 is 17.0 Å². The largest absolute Gasteiger partial charge is 2.00 e. The molecule has 0 spiro atoms. The Bertz CT molecular complexity index is 84.8. The Morgan fingerprint density at radius 2 is 1.31 bits per heavy atom. The van der Waals surface area contributed by atoms with E-state index < -0.39 is 8.32 Å². The van der Waals surface area contributed by atoms with Gasteiger partial charge in [-0.3, -0.25) is 0 Å². The van der Waals surface area contributed by atoms with Crippen molar-refractivity contribution in [1.82, 2.24) is 0 Å². The summed E-state index contributed by atoms with van der Waals surface area (Å²) in [6.45, 7) is 15.7. The van der Waals surface area contributed by atoms with Gasteiger partial charge in [0.25, 0.3) is 0 Å². The van der Waals surface area contributed by atoms with E-state index >= 15 is 0 Å². The van der Waals surface area contributed by atoms with Gasteiger partial charge in [0, 0.05) is 0 Å². The first-order valence-electron chi connectivity index (χ1n) is 4.18. The minimum Gasteiger partial charge on any atom is -0.432 e. The summed E-state index contributed by atoms with van der Waals surface area (Å²) < 4.78 is 0. The first kappa shape index (κ1) is 23.9. The molecule has 0 aromatic heterocycles. The van der Waals surface area contributed by atoms with Gasteiger partial charge in [0.15, 0.2) is 8.32 Å². The molecule has 0 atom stereocenters. The van der Waals surface area contributed by atoms with Gasteiger partial charge in [-0.1, -0.05) is 27.7 Å². The number of hydrogen-bond acceptors (Lipinski definition) is 1. The Hall–Kier alpha value is 1.42. The van der Waals surface area contributed by atoms with Crippen LogP contribution in [0.4, 0.5) is 0 Å². The van der Waals surface area contributed by atoms with Crippen molar-refractivity contribution in [2.75, 3.05) is 0 Å². The van der Waals surface area contributed by atoms with Crippen molar-refractivity contribution in [3.8, 4) is 0 Å². The van der Waals surface area contributed by atoms with E-state index in [0.29, 0.717) is 0 Å². The molecular formula is C9H24BrMgOSi+. The molecule has 0 aromatic carbocycles. The van der Waals surface area contributed by atoms with E-state index in [1.807, 2.05) is 20.0 Å². The van der Waals surface area contributed by atoms with E-state index in [9.17, 15) is 4.80 Å². The maximum absolute atomic E-state index is 9.49. The molecule has 4 heteroatoms. The van der Waals surface area contributed by atoms with Crippen molar-refractivity contribution in [1.29, 1.82) is 0 Å². The quantitative estimate of drug-likeness (QED) is 0.532. The fourth-order valence-corrected chi connectivity index (χ4v) is 0. The van der Waals surface area contributed by atoms with Gasteiger partial charge < -0.3 is 11.7 Å². The predicted molar refractivity (Wildman–Crippen MR) is 71.1 cm³/mol. The van der Waals surface area contributed by atoms with Crippen molar-refractivity contribution in [2.24, 2.45) is 0 Å². The SMILES string of the molecule is Br.CC(C)(C)[Si](C)(C)O.[CH2-]CC.[Mg+2]. The van der Waals surface area contributed by atoms with Gasteiger partial charge in [0.2, 0.25) is 0 Å². The van der Waals surface area contributed by atoms with Crippen molar-refractivity contribution >= 4 is 48.4 Å². The monoisotopic (exact) mass is 279 g/mol. The second-order valence-electron chi connectivity index (χ2n) is 4.31. The average molecular weight is 281 g/mol. The van der Waals surface area contributed by atoms with Crippen LogP contribution in [0.25, 0.3) is 0 Å². The third-order valence-electron chi connectivity index (χ3n) is 1.84. The molecule has 0 aromatic rings. The van der Waals surface area contributed by atoms with Gasteiger partial charge in [0.05, 0.1) is 0 Å². The predicted octanol–water partition coefficient (Wildman–Crippen LogP) is 3.41. The maximum Gasteiger partial charge on any atom is 2.00 e. The third-order valence-corrected chi connectivity index (χ3v) is 5.51. The molecule has 0 aliphatic rings. The molecule has 0 aliphatic heterocycles. The molecule has 0 bridgehead atoms. The van der Waals surface area contributed by atoms with E-state index in [1.54, 1.807) is 0 Å². The molecule has 0 amide bonds. The zero-order valence-electron chi connectivity index (χ0n) is 9.98. The second kappa shape index (κ2) is 9.96. The normalized spacial score (nSPS) is 10.2. The summed E-state index contributed by atoms with van der Waals surface area (Å²) in [6.07, 6.45) is 1.00. The minimum atomic E-state index is -1.86. The maximum atomic E-state index is 9.49. The molecule has 0 unspecified atom stereocenters. The van der Waals surface area contributed by atoms with Crippen molar-refractivity contribution in [3.63, 3.8) is 0 Å². The summed E-state index contributed by atoms with van der Waals surface area (Å²) in [4.78, 5) is 9.49. The molecule has 0 saturated carbocycles. The Balaban J connectivity index is -0.0000000720. The molecule has 78 valence electrons. The molecule has 1 nitrogen and oxygen atoms in total. The van der Waals surface area contributed by atoms with E-state index in [1.165, 1.54) is 0 Å². The Morgan fingerprint density at radius 3 is 1.31 bits per heavy atom. The summed E-state index contributed by atoms with van der Waals surface area (Å²) in [7, 11) is -1.86. The first-order valence-corrected chi connectivity index (χ1v) is 7.13. The fourth-order valence-electron chi connectivity index (χ4n) is 0. The molecule has 1 N–H and O–H groups in total. The fraction of sp³-hybridized carbons (Fsp3) is 0.889. The van der Waals surface area contributed by atoms with Crippen molar-refractivity contribution in [2.45, 2.75) is 52.2 Å². The van der Waals surface area contributed by atoms with Gasteiger partial charge in [0.1, 0.15) is 0 Å². The van der Waals surface area contributed by atoms with Gasteiger partial charge >= 0.3 is 23.1 Å². The average Bonchev–Trinajstić information content (AvgIpc) is 1.60. The third kappa shape index (κ3) is 16.1. The van der Waals surface area contributed by atoms with Crippen LogP contribution in [0.1, 0.15) is 34.1 Å². The van der Waals surface area contributed by atoms with Crippen LogP contribution in [-0.2, 0) is 0 Å². The Labute approximate surface area is 112 Å². The Morgan fingerprint density at radius 1 is 1.23 bits per heavy atom. The molecular weight excluding hydrogens is 256 g/mol. The zero-order chi connectivity index (χ0) is 9.71. The molecule has 0 fully saturated rings. The molecule has 13 heavy (non-hydrogen) atoms. The van der Waals surface area contributed by atoms with E-state index in [-0.39, 0.29) is 45.1 Å². The van der Waals surface area contributed by atoms with E-state index in [0.717, 1.165) is 6.42 Å². The standard InChI is InChI=1S/C6H16OSi.C3H7.BrH.Mg/c1-6(2,3)8(4,5)7;1-3-2;;/h7H,1-5H3;1,3H2,2H3;1H;/q;-1;;+2. The topological polar surface area (TPSA) is 20.2 Å². The van der Waals surface area contributed by atoms with E-state index in [4.69, 9.17) is 0 Å². The minimum absolute atomic E-state index is 0. The number of rotatable bonds is 0. The van der Waals surface area contributed by atoms with Crippen LogP contribution in [0.3, 0.4) is 0 Å². The molecule has 0 heterocycles. The zero-order valence-corrected chi connectivity index (χ0v) is 14.1. The summed E-state index contributed by atoms with van der Waals surface area (Å²) >= 11 is 0. The Kier molecular flexibility index (Phi) is 18.3. The summed E-state index contributed by atoms with van der Waals surface area (Å²) in [5, 5.41) is 0.132. The van der Waals surface area contributed by atoms with Crippen LogP contribution < -0.4 is 0 Å². The summed E-state index contributed by atoms with van der Waals surface area (Å²) in [5.41, 5.74) is 0. The molecule has 0 radical (unpaired) electrons. The van der Waals surface area contributed by atoms with Crippen molar-refractivity contribution < 1.29 is 4.80 Å². The molecule has 0 rings (SSSR count). The smallest absolute Gasteiger partial charge is 0.432 e. The molecule has 0 saturated heterocycles. The number of hydrogen-bond donors (Lipinski definition) is 1. The summed E-state index contributed by atoms with van der Waals surface area (Å²) in [6, 6.07) is 0. The summed E-state index contributed by atoms with van der Waals surface area (Å²) in [5.74, 6) is 0. The van der Waals surface area contributed by atoms with Crippen LogP contribution in [0.15, 0.2) is 0 Å². The van der Waals surface area contributed by atoms with Crippen LogP contribution in [0, 0.1) is 6.92 Å². The van der Waals surface area contributed by atoms with Gasteiger partial charge in [-0.05, 0) is 18.1 Å². The van der Waals surface area contributed by atoms with Gasteiger partial charge in [-0.2, -0.15) is 6.42 Å². The van der Waals surface area contributed by atoms with Gasteiger partial charge in [-0.15, -0.1) is 17.0 Å². The van der Waals surface area contributed by atoms with Crippen LogP contribution in [0.5, 0.6) is 0 Å². The number of halogens is 1. The molecule has 0 aliphatic carbocycles. The van der Waals surface area contributed by atoms with Crippen LogP contribution in [0.2, 0.25) is 18.1 Å². The van der Waals surface area contributed by atoms with Crippen molar-refractivity contribution in [3.05, 3.63) is 6.92 Å². The first-order chi connectivity index (χ1) is 4.66. The van der Waals surface area contributed by atoms with Gasteiger partial charge in [-0.25, -0.2) is 0 Å².